The Labute approximate surface area is 255 Å². The number of amides is 1. The zero-order valence-electron chi connectivity index (χ0n) is 24.1. The molecule has 0 aliphatic heterocycles. The van der Waals surface area contributed by atoms with Crippen LogP contribution in [0.5, 0.6) is 0 Å². The summed E-state index contributed by atoms with van der Waals surface area (Å²) in [7, 11) is 0. The smallest absolute Gasteiger partial charge is 0.255 e. The minimum absolute atomic E-state index is 0.161. The third-order valence-corrected chi connectivity index (χ3v) is 8.33. The molecule has 6 aromatic carbocycles. The van der Waals surface area contributed by atoms with Crippen molar-refractivity contribution in [1.82, 2.24) is 9.97 Å². The Morgan fingerprint density at radius 1 is 0.659 bits per heavy atom. The molecule has 8 rings (SSSR count). The lowest BCUT2D eigenvalue weighted by atomic mass is 10.1. The van der Waals surface area contributed by atoms with Crippen LogP contribution in [0.4, 0.5) is 17.2 Å². The van der Waals surface area contributed by atoms with Crippen LogP contribution >= 0.6 is 0 Å². The summed E-state index contributed by atoms with van der Waals surface area (Å²) in [6.45, 7) is 2.01. The number of carbonyl (C=O) groups is 1. The van der Waals surface area contributed by atoms with E-state index in [1.165, 1.54) is 27.6 Å². The fourth-order valence-corrected chi connectivity index (χ4v) is 6.03. The lowest BCUT2D eigenvalue weighted by molar-refractivity contribution is 0.102. The van der Waals surface area contributed by atoms with Gasteiger partial charge in [-0.1, -0.05) is 84.4 Å². The number of hydrogen-bond donors (Lipinski definition) is 2. The molecule has 0 saturated carbocycles. The van der Waals surface area contributed by atoms with Gasteiger partial charge in [0.1, 0.15) is 5.82 Å². The Morgan fingerprint density at radius 3 is 2.32 bits per heavy atom. The number of carbonyl (C=O) groups excluding carboxylic acids is 1. The van der Waals surface area contributed by atoms with Crippen molar-refractivity contribution in [2.24, 2.45) is 0 Å². The van der Waals surface area contributed by atoms with Crippen molar-refractivity contribution in [3.05, 3.63) is 150 Å². The monoisotopic (exact) mass is 568 g/mol. The Morgan fingerprint density at radius 2 is 1.43 bits per heavy atom. The van der Waals surface area contributed by atoms with E-state index >= 15 is 0 Å². The van der Waals surface area contributed by atoms with Crippen molar-refractivity contribution in [2.75, 3.05) is 10.6 Å². The van der Waals surface area contributed by atoms with Gasteiger partial charge < -0.3 is 10.6 Å². The van der Waals surface area contributed by atoms with Crippen molar-refractivity contribution < 1.29 is 4.79 Å². The number of aryl methyl sites for hydroxylation is 1. The lowest BCUT2D eigenvalue weighted by Gasteiger charge is -2.14. The molecule has 0 atom stereocenters. The minimum atomic E-state index is -0.161. The van der Waals surface area contributed by atoms with E-state index in [4.69, 9.17) is 9.97 Å². The molecule has 0 saturated heterocycles. The van der Waals surface area contributed by atoms with Gasteiger partial charge in [0.15, 0.2) is 5.82 Å². The number of nitrogens with zero attached hydrogens (tertiary/aromatic N) is 2. The quantitative estimate of drug-likeness (QED) is 0.217. The van der Waals surface area contributed by atoms with Crippen LogP contribution in [0.15, 0.2) is 127 Å². The van der Waals surface area contributed by atoms with Crippen LogP contribution in [0.1, 0.15) is 27.0 Å². The average molecular weight is 569 g/mol. The van der Waals surface area contributed by atoms with Gasteiger partial charge in [-0.05, 0) is 94.9 Å². The fourth-order valence-electron chi connectivity index (χ4n) is 6.03. The molecule has 2 N–H and O–H groups in total. The van der Waals surface area contributed by atoms with Gasteiger partial charge in [-0.2, -0.15) is 0 Å². The molecule has 1 aliphatic rings. The van der Waals surface area contributed by atoms with Gasteiger partial charge in [0.05, 0.1) is 5.52 Å². The number of anilines is 3. The van der Waals surface area contributed by atoms with E-state index in [-0.39, 0.29) is 5.91 Å². The van der Waals surface area contributed by atoms with E-state index in [1.807, 2.05) is 61.5 Å². The van der Waals surface area contributed by atoms with Crippen molar-refractivity contribution >= 4 is 44.8 Å². The molecule has 1 heterocycles. The van der Waals surface area contributed by atoms with Crippen molar-refractivity contribution in [2.45, 2.75) is 13.3 Å². The highest BCUT2D eigenvalue weighted by Gasteiger charge is 2.19. The van der Waals surface area contributed by atoms with Gasteiger partial charge in [-0.3, -0.25) is 4.79 Å². The SMILES string of the molecule is Cc1ccc(C(=O)Nc2ccc3nc(-c4ccc5ccccc5c4)nc(Nc4ccc5c(c4)Cc4ccccc4-5)c3c2)cc1. The Bertz CT molecular complexity index is 2240. The third kappa shape index (κ3) is 4.74. The molecule has 0 radical (unpaired) electrons. The predicted molar refractivity (Wildman–Crippen MR) is 180 cm³/mol. The standard InChI is InChI=1S/C39H28N4O/c1-24-10-12-26(13-11-24)39(44)41-32-17-19-36-35(23-32)38(43-37(42-36)29-15-14-25-6-2-3-7-27(25)20-29)40-31-16-18-34-30(22-31)21-28-8-4-5-9-33(28)34/h2-20,22-23H,21H2,1H3,(H,41,44)(H,40,42,43). The minimum Gasteiger partial charge on any atom is -0.340 e. The molecule has 210 valence electrons. The maximum atomic E-state index is 13.0. The normalized spacial score (nSPS) is 11.8. The number of fused-ring (bicyclic) bond motifs is 5. The summed E-state index contributed by atoms with van der Waals surface area (Å²) in [5.41, 5.74) is 10.3. The first-order chi connectivity index (χ1) is 21.6. The van der Waals surface area contributed by atoms with E-state index in [0.29, 0.717) is 22.9 Å². The summed E-state index contributed by atoms with van der Waals surface area (Å²) in [5, 5.41) is 9.78. The fraction of sp³-hybridized carbons (Fsp3) is 0.0513. The average Bonchev–Trinajstić information content (AvgIpc) is 3.43. The van der Waals surface area contributed by atoms with Gasteiger partial charge in [-0.25, -0.2) is 9.97 Å². The summed E-state index contributed by atoms with van der Waals surface area (Å²) >= 11 is 0. The number of aromatic nitrogens is 2. The molecule has 1 aliphatic carbocycles. The van der Waals surface area contributed by atoms with E-state index in [1.54, 1.807) is 0 Å². The maximum Gasteiger partial charge on any atom is 0.255 e. The zero-order chi connectivity index (χ0) is 29.6. The van der Waals surface area contributed by atoms with Crippen molar-refractivity contribution in [3.8, 4) is 22.5 Å². The molecular weight excluding hydrogens is 540 g/mol. The number of hydrogen-bond acceptors (Lipinski definition) is 4. The van der Waals surface area contributed by atoms with Crippen LogP contribution in [-0.2, 0) is 6.42 Å². The van der Waals surface area contributed by atoms with E-state index in [2.05, 4.69) is 83.4 Å². The molecule has 7 aromatic rings. The van der Waals surface area contributed by atoms with E-state index in [9.17, 15) is 4.79 Å². The zero-order valence-corrected chi connectivity index (χ0v) is 24.1. The molecule has 5 nitrogen and oxygen atoms in total. The first kappa shape index (κ1) is 25.9. The Hall–Kier alpha value is -5.81. The van der Waals surface area contributed by atoms with Gasteiger partial charge in [0, 0.05) is 27.9 Å². The molecule has 44 heavy (non-hydrogen) atoms. The van der Waals surface area contributed by atoms with Gasteiger partial charge >= 0.3 is 0 Å². The first-order valence-electron chi connectivity index (χ1n) is 14.7. The van der Waals surface area contributed by atoms with Gasteiger partial charge in [-0.15, -0.1) is 0 Å². The Kier molecular flexibility index (Phi) is 6.16. The molecular formula is C39H28N4O. The second-order valence-corrected chi connectivity index (χ2v) is 11.3. The number of rotatable bonds is 5. The highest BCUT2D eigenvalue weighted by Crippen LogP contribution is 2.39. The summed E-state index contributed by atoms with van der Waals surface area (Å²) in [5.74, 6) is 1.15. The molecule has 0 fully saturated rings. The highest BCUT2D eigenvalue weighted by atomic mass is 16.1. The van der Waals surface area contributed by atoms with Crippen LogP contribution in [0, 0.1) is 6.92 Å². The summed E-state index contributed by atoms with van der Waals surface area (Å²) in [4.78, 5) is 23.1. The predicted octanol–water partition coefficient (Wildman–Crippen LogP) is 9.33. The van der Waals surface area contributed by atoms with Crippen molar-refractivity contribution in [1.29, 1.82) is 0 Å². The summed E-state index contributed by atoms with van der Waals surface area (Å²) in [6, 6.07) is 43.0. The number of nitrogens with one attached hydrogen (secondary N) is 2. The van der Waals surface area contributed by atoms with E-state index < -0.39 is 0 Å². The van der Waals surface area contributed by atoms with Gasteiger partial charge in [0.2, 0.25) is 0 Å². The Balaban J connectivity index is 1.20. The lowest BCUT2D eigenvalue weighted by Crippen LogP contribution is -2.11. The summed E-state index contributed by atoms with van der Waals surface area (Å²) < 4.78 is 0. The highest BCUT2D eigenvalue weighted by molar-refractivity contribution is 6.06. The van der Waals surface area contributed by atoms with Crippen LogP contribution < -0.4 is 10.6 Å². The largest absolute Gasteiger partial charge is 0.340 e. The topological polar surface area (TPSA) is 66.9 Å². The molecule has 0 bridgehead atoms. The third-order valence-electron chi connectivity index (χ3n) is 8.33. The van der Waals surface area contributed by atoms with Crippen molar-refractivity contribution in [3.63, 3.8) is 0 Å². The molecule has 1 amide bonds. The molecule has 0 spiro atoms. The number of benzene rings is 6. The molecule has 5 heteroatoms. The maximum absolute atomic E-state index is 13.0. The van der Waals surface area contributed by atoms with E-state index in [0.717, 1.165) is 39.5 Å². The summed E-state index contributed by atoms with van der Waals surface area (Å²) in [6.07, 6.45) is 0.906. The van der Waals surface area contributed by atoms with Crippen LogP contribution in [0.2, 0.25) is 0 Å². The second-order valence-electron chi connectivity index (χ2n) is 11.3. The van der Waals surface area contributed by atoms with Crippen LogP contribution in [-0.4, -0.2) is 15.9 Å². The molecule has 1 aromatic heterocycles. The molecule has 0 unspecified atom stereocenters. The first-order valence-corrected chi connectivity index (χ1v) is 14.7. The second kappa shape index (κ2) is 10.5. The van der Waals surface area contributed by atoms with Crippen LogP contribution in [0.25, 0.3) is 44.2 Å². The van der Waals surface area contributed by atoms with Crippen LogP contribution in [0.3, 0.4) is 0 Å². The van der Waals surface area contributed by atoms with Gasteiger partial charge in [0.25, 0.3) is 5.91 Å².